The summed E-state index contributed by atoms with van der Waals surface area (Å²) in [5.41, 5.74) is 2.53. The average Bonchev–Trinajstić information content (AvgIpc) is 3.11. The SMILES string of the molecule is CCCn1cc(C(=O)Nc2ccc(C(C)=O)cc2)c2nn(-c3ccccc3)c(=O)c-2c1. The molecule has 0 unspecified atom stereocenters. The molecule has 0 aromatic heterocycles. The van der Waals surface area contributed by atoms with Crippen molar-refractivity contribution in [2.75, 3.05) is 5.32 Å². The van der Waals surface area contributed by atoms with E-state index in [1.165, 1.54) is 11.6 Å². The second-order valence-corrected chi connectivity index (χ2v) is 7.31. The minimum Gasteiger partial charge on any atom is -0.353 e. The molecular weight excluding hydrogens is 392 g/mol. The summed E-state index contributed by atoms with van der Waals surface area (Å²) in [5.74, 6) is -0.415. The molecule has 0 fully saturated rings. The number of amides is 1. The molecular formula is C24H22N4O3. The number of hydrogen-bond acceptors (Lipinski definition) is 4. The van der Waals surface area contributed by atoms with E-state index >= 15 is 0 Å². The van der Waals surface area contributed by atoms with Gasteiger partial charge < -0.3 is 9.88 Å². The zero-order valence-corrected chi connectivity index (χ0v) is 17.3. The highest BCUT2D eigenvalue weighted by atomic mass is 16.2. The molecule has 0 saturated heterocycles. The summed E-state index contributed by atoms with van der Waals surface area (Å²) in [4.78, 5) is 37.6. The standard InChI is InChI=1S/C24H22N4O3/c1-3-13-27-14-20(23(30)25-18-11-9-17(10-12-18)16(2)29)22-21(15-27)24(31)28(26-22)19-7-5-4-6-8-19/h4-12,14-15H,3,13H2,1-2H3,(H,25,30). The number of Topliss-reactive ketones (excluding diaryl/α,β-unsaturated/α-hetero) is 1. The monoisotopic (exact) mass is 414 g/mol. The Labute approximate surface area is 179 Å². The van der Waals surface area contributed by atoms with Crippen molar-refractivity contribution in [3.8, 4) is 16.9 Å². The average molecular weight is 414 g/mol. The van der Waals surface area contributed by atoms with Crippen LogP contribution in [0.25, 0.3) is 16.9 Å². The van der Waals surface area contributed by atoms with Gasteiger partial charge in [0, 0.05) is 30.2 Å². The molecule has 4 rings (SSSR count). The van der Waals surface area contributed by atoms with E-state index in [0.29, 0.717) is 40.3 Å². The molecule has 2 aliphatic heterocycles. The third kappa shape index (κ3) is 4.02. The molecule has 0 bridgehead atoms. The van der Waals surface area contributed by atoms with E-state index in [1.54, 1.807) is 48.8 Å². The molecule has 1 amide bonds. The van der Waals surface area contributed by atoms with Gasteiger partial charge in [-0.15, -0.1) is 0 Å². The predicted octanol–water partition coefficient (Wildman–Crippen LogP) is 4.00. The molecule has 0 saturated carbocycles. The molecule has 1 N–H and O–H groups in total. The molecule has 31 heavy (non-hydrogen) atoms. The van der Waals surface area contributed by atoms with E-state index in [-0.39, 0.29) is 17.2 Å². The number of ketones is 1. The molecule has 2 aromatic carbocycles. The van der Waals surface area contributed by atoms with E-state index in [4.69, 9.17) is 0 Å². The number of rotatable bonds is 6. The van der Waals surface area contributed by atoms with Crippen LogP contribution in [0.4, 0.5) is 5.69 Å². The van der Waals surface area contributed by atoms with Gasteiger partial charge in [0.05, 0.1) is 16.8 Å². The van der Waals surface area contributed by atoms with E-state index in [1.807, 2.05) is 29.7 Å². The van der Waals surface area contributed by atoms with Gasteiger partial charge in [-0.25, -0.2) is 0 Å². The second-order valence-electron chi connectivity index (χ2n) is 7.31. The molecule has 2 aliphatic rings. The fraction of sp³-hybridized carbons (Fsp3) is 0.167. The van der Waals surface area contributed by atoms with Crippen molar-refractivity contribution < 1.29 is 9.59 Å². The molecule has 2 aromatic rings. The predicted molar refractivity (Wildman–Crippen MR) is 119 cm³/mol. The Morgan fingerprint density at radius 3 is 2.35 bits per heavy atom. The zero-order valence-electron chi connectivity index (χ0n) is 17.3. The number of nitrogens with zero attached hydrogens (tertiary/aromatic N) is 3. The first-order valence-corrected chi connectivity index (χ1v) is 10.1. The number of benzene rings is 2. The Morgan fingerprint density at radius 1 is 1.00 bits per heavy atom. The van der Waals surface area contributed by atoms with Crippen molar-refractivity contribution in [3.63, 3.8) is 0 Å². The number of carbonyl (C=O) groups excluding carboxylic acids is 2. The van der Waals surface area contributed by atoms with Gasteiger partial charge in [0.1, 0.15) is 5.69 Å². The molecule has 7 nitrogen and oxygen atoms in total. The second kappa shape index (κ2) is 8.39. The van der Waals surface area contributed by atoms with Gasteiger partial charge in [-0.05, 0) is 49.7 Å². The van der Waals surface area contributed by atoms with Crippen LogP contribution in [0.1, 0.15) is 41.0 Å². The summed E-state index contributed by atoms with van der Waals surface area (Å²) in [5, 5.41) is 7.31. The Kier molecular flexibility index (Phi) is 5.49. The maximum absolute atomic E-state index is 13.1. The molecule has 156 valence electrons. The molecule has 0 atom stereocenters. The highest BCUT2D eigenvalue weighted by Crippen LogP contribution is 2.24. The highest BCUT2D eigenvalue weighted by molar-refractivity contribution is 6.08. The zero-order chi connectivity index (χ0) is 22.0. The van der Waals surface area contributed by atoms with Gasteiger partial charge in [-0.2, -0.15) is 9.78 Å². The Balaban J connectivity index is 1.77. The summed E-state index contributed by atoms with van der Waals surface area (Å²) in [6.45, 7) is 4.18. The number of nitrogens with one attached hydrogen (secondary N) is 1. The van der Waals surface area contributed by atoms with Crippen LogP contribution >= 0.6 is 0 Å². The van der Waals surface area contributed by atoms with Crippen molar-refractivity contribution in [1.29, 1.82) is 0 Å². The van der Waals surface area contributed by atoms with Gasteiger partial charge in [0.15, 0.2) is 5.78 Å². The third-order valence-electron chi connectivity index (χ3n) is 5.00. The fourth-order valence-electron chi connectivity index (χ4n) is 3.44. The van der Waals surface area contributed by atoms with Crippen molar-refractivity contribution >= 4 is 17.4 Å². The molecule has 0 radical (unpaired) electrons. The van der Waals surface area contributed by atoms with Crippen LogP contribution in [0, 0.1) is 0 Å². The van der Waals surface area contributed by atoms with Crippen LogP contribution in [0.2, 0.25) is 0 Å². The van der Waals surface area contributed by atoms with Gasteiger partial charge in [-0.1, -0.05) is 25.1 Å². The smallest absolute Gasteiger partial charge is 0.282 e. The van der Waals surface area contributed by atoms with Crippen LogP contribution in [0.3, 0.4) is 0 Å². The lowest BCUT2D eigenvalue weighted by atomic mass is 10.1. The van der Waals surface area contributed by atoms with Crippen molar-refractivity contribution in [1.82, 2.24) is 14.3 Å². The highest BCUT2D eigenvalue weighted by Gasteiger charge is 2.24. The maximum Gasteiger partial charge on any atom is 0.282 e. The first-order chi connectivity index (χ1) is 15.0. The topological polar surface area (TPSA) is 86.0 Å². The molecule has 7 heteroatoms. The van der Waals surface area contributed by atoms with Crippen molar-refractivity contribution in [2.45, 2.75) is 26.8 Å². The number of anilines is 1. The van der Waals surface area contributed by atoms with Crippen LogP contribution in [0.15, 0.2) is 71.8 Å². The van der Waals surface area contributed by atoms with Crippen LogP contribution < -0.4 is 10.9 Å². The largest absolute Gasteiger partial charge is 0.353 e. The van der Waals surface area contributed by atoms with Crippen LogP contribution in [0.5, 0.6) is 0 Å². The summed E-state index contributed by atoms with van der Waals surface area (Å²) in [7, 11) is 0. The quantitative estimate of drug-likeness (QED) is 0.483. The van der Waals surface area contributed by atoms with E-state index in [9.17, 15) is 14.4 Å². The fourth-order valence-corrected chi connectivity index (χ4v) is 3.44. The van der Waals surface area contributed by atoms with Gasteiger partial charge in [0.2, 0.25) is 0 Å². The van der Waals surface area contributed by atoms with E-state index in [2.05, 4.69) is 10.4 Å². The normalized spacial score (nSPS) is 10.9. The molecule has 0 aliphatic carbocycles. The first kappa shape index (κ1) is 20.3. The lowest BCUT2D eigenvalue weighted by Gasteiger charge is -2.12. The summed E-state index contributed by atoms with van der Waals surface area (Å²) in [6.07, 6.45) is 4.31. The lowest BCUT2D eigenvalue weighted by molar-refractivity contribution is 0.101. The van der Waals surface area contributed by atoms with Crippen LogP contribution in [-0.2, 0) is 6.54 Å². The number of hydrogen-bond donors (Lipinski definition) is 1. The number of fused-ring (bicyclic) bond motifs is 1. The Hall–Kier alpha value is -4.00. The van der Waals surface area contributed by atoms with Gasteiger partial charge in [0.25, 0.3) is 11.5 Å². The van der Waals surface area contributed by atoms with Crippen LogP contribution in [-0.4, -0.2) is 26.0 Å². The third-order valence-corrected chi connectivity index (χ3v) is 5.00. The van der Waals surface area contributed by atoms with Crippen molar-refractivity contribution in [3.05, 3.63) is 88.5 Å². The lowest BCUT2D eigenvalue weighted by Crippen LogP contribution is -2.17. The number of pyridine rings is 1. The summed E-state index contributed by atoms with van der Waals surface area (Å²) in [6, 6.07) is 15.8. The molecule has 2 heterocycles. The van der Waals surface area contributed by atoms with Crippen molar-refractivity contribution in [2.24, 2.45) is 0 Å². The van der Waals surface area contributed by atoms with E-state index < -0.39 is 0 Å². The number of aryl methyl sites for hydroxylation is 1. The molecule has 0 spiro atoms. The summed E-state index contributed by atoms with van der Waals surface area (Å²) < 4.78 is 3.16. The number of aromatic nitrogens is 3. The van der Waals surface area contributed by atoms with Gasteiger partial charge >= 0.3 is 0 Å². The minimum absolute atomic E-state index is 0.0438. The van der Waals surface area contributed by atoms with Gasteiger partial charge in [-0.3, -0.25) is 14.4 Å². The Bertz CT molecular complexity index is 1270. The first-order valence-electron chi connectivity index (χ1n) is 10.1. The Morgan fingerprint density at radius 2 is 1.71 bits per heavy atom. The summed E-state index contributed by atoms with van der Waals surface area (Å²) >= 11 is 0. The minimum atomic E-state index is -0.372. The number of para-hydroxylation sites is 1. The van der Waals surface area contributed by atoms with E-state index in [0.717, 1.165) is 6.42 Å². The maximum atomic E-state index is 13.1. The number of carbonyl (C=O) groups is 2.